The van der Waals surface area contributed by atoms with E-state index in [1.54, 1.807) is 24.3 Å². The Kier molecular flexibility index (Phi) is 5.96. The van der Waals surface area contributed by atoms with Gasteiger partial charge in [0.05, 0.1) is 17.7 Å². The monoisotopic (exact) mass is 457 g/mol. The molecule has 176 valence electrons. The lowest BCUT2D eigenvalue weighted by Crippen LogP contribution is -2.54. The second-order valence-corrected chi connectivity index (χ2v) is 9.47. The summed E-state index contributed by atoms with van der Waals surface area (Å²) in [5.74, 6) is 0.0429. The zero-order valence-electron chi connectivity index (χ0n) is 19.8. The van der Waals surface area contributed by atoms with E-state index in [0.717, 1.165) is 40.8 Å². The number of para-hydroxylation sites is 1. The number of rotatable bonds is 6. The summed E-state index contributed by atoms with van der Waals surface area (Å²) in [5.41, 5.74) is 3.26. The second-order valence-electron chi connectivity index (χ2n) is 9.47. The molecule has 0 radical (unpaired) electrons. The van der Waals surface area contributed by atoms with Crippen LogP contribution in [0.25, 0.3) is 21.8 Å². The van der Waals surface area contributed by atoms with Crippen molar-refractivity contribution in [3.05, 3.63) is 66.7 Å². The van der Waals surface area contributed by atoms with Gasteiger partial charge in [0.2, 0.25) is 5.91 Å². The van der Waals surface area contributed by atoms with E-state index in [1.807, 2.05) is 30.5 Å². The summed E-state index contributed by atoms with van der Waals surface area (Å²) in [6.45, 7) is 4.35. The molecule has 0 spiro atoms. The lowest BCUT2D eigenvalue weighted by atomic mass is 9.91. The highest BCUT2D eigenvalue weighted by molar-refractivity contribution is 5.90. The van der Waals surface area contributed by atoms with Crippen molar-refractivity contribution in [1.82, 2.24) is 19.4 Å². The number of aryl methyl sites for hydroxylation is 2. The number of pyridine rings is 2. The molecule has 3 aromatic heterocycles. The minimum Gasteiger partial charge on any atom is -0.386 e. The Morgan fingerprint density at radius 3 is 2.94 bits per heavy atom. The van der Waals surface area contributed by atoms with Gasteiger partial charge in [-0.25, -0.2) is 0 Å². The van der Waals surface area contributed by atoms with Gasteiger partial charge in [-0.15, -0.1) is 0 Å². The van der Waals surface area contributed by atoms with E-state index in [4.69, 9.17) is 0 Å². The predicted molar refractivity (Wildman–Crippen MR) is 135 cm³/mol. The molecule has 1 aliphatic heterocycles. The fourth-order valence-electron chi connectivity index (χ4n) is 5.27. The first-order chi connectivity index (χ1) is 16.4. The fraction of sp³-hybridized carbons (Fsp3) is 0.370. The number of aromatic nitrogens is 3. The van der Waals surface area contributed by atoms with Crippen LogP contribution in [-0.2, 0) is 11.3 Å². The molecule has 1 aliphatic rings. The zero-order chi connectivity index (χ0) is 23.7. The van der Waals surface area contributed by atoms with Crippen molar-refractivity contribution >= 4 is 33.4 Å². The van der Waals surface area contributed by atoms with Crippen molar-refractivity contribution in [2.24, 2.45) is 0 Å². The number of piperidine rings is 1. The predicted octanol–water partition coefficient (Wildman–Crippen LogP) is 3.77. The lowest BCUT2D eigenvalue weighted by molar-refractivity contribution is -0.133. The molecule has 0 aliphatic carbocycles. The largest absolute Gasteiger partial charge is 0.386 e. The number of β-amino-alcohol motifs (C(OH)–C–C–N with tert-alkyl or cyclic N) is 1. The number of carbonyl (C=O) groups is 1. The smallest absolute Gasteiger partial charge is 0.224 e. The number of benzene rings is 1. The van der Waals surface area contributed by atoms with E-state index in [1.165, 1.54) is 5.39 Å². The van der Waals surface area contributed by atoms with Crippen molar-refractivity contribution in [2.45, 2.75) is 38.3 Å². The third-order valence-corrected chi connectivity index (χ3v) is 6.94. The molecule has 1 atom stereocenters. The molecule has 5 rings (SSSR count). The van der Waals surface area contributed by atoms with Crippen molar-refractivity contribution in [1.29, 1.82) is 0 Å². The van der Waals surface area contributed by atoms with Gasteiger partial charge in [-0.05, 0) is 49.4 Å². The molecule has 1 fully saturated rings. The Morgan fingerprint density at radius 1 is 1.21 bits per heavy atom. The fourth-order valence-corrected chi connectivity index (χ4v) is 5.27. The highest BCUT2D eigenvalue weighted by Gasteiger charge is 2.36. The maximum atomic E-state index is 13.0. The SMILES string of the molecule is Cc1cc2ccccc2n1CCC(=O)N(C)C[C@@]1(O)CCCN(c2ccnc3ccncc23)C1. The number of aliphatic hydroxyl groups is 1. The molecule has 0 unspecified atom stereocenters. The van der Waals surface area contributed by atoms with Crippen molar-refractivity contribution in [3.8, 4) is 0 Å². The molecular weight excluding hydrogens is 426 g/mol. The van der Waals surface area contributed by atoms with E-state index in [0.29, 0.717) is 32.5 Å². The van der Waals surface area contributed by atoms with Gasteiger partial charge >= 0.3 is 0 Å². The zero-order valence-corrected chi connectivity index (χ0v) is 19.8. The first kappa shape index (κ1) is 22.3. The number of amides is 1. The van der Waals surface area contributed by atoms with Gasteiger partial charge in [-0.3, -0.25) is 14.8 Å². The van der Waals surface area contributed by atoms with E-state index in [2.05, 4.69) is 44.6 Å². The first-order valence-electron chi connectivity index (χ1n) is 11.9. The molecule has 0 bridgehead atoms. The van der Waals surface area contributed by atoms with Gasteiger partial charge in [0.25, 0.3) is 0 Å². The molecule has 1 saturated heterocycles. The molecule has 4 heterocycles. The third kappa shape index (κ3) is 4.35. The van der Waals surface area contributed by atoms with E-state index >= 15 is 0 Å². The maximum Gasteiger partial charge on any atom is 0.224 e. The summed E-state index contributed by atoms with van der Waals surface area (Å²) in [6.07, 6.45) is 7.30. The Morgan fingerprint density at radius 2 is 2.06 bits per heavy atom. The molecule has 7 heteroatoms. The van der Waals surface area contributed by atoms with Gasteiger partial charge in [-0.1, -0.05) is 18.2 Å². The van der Waals surface area contributed by atoms with Gasteiger partial charge in [-0.2, -0.15) is 0 Å². The number of carbonyl (C=O) groups excluding carboxylic acids is 1. The number of likely N-dealkylation sites (N-methyl/N-ethyl adjacent to an activating group) is 1. The molecule has 1 N–H and O–H groups in total. The van der Waals surface area contributed by atoms with E-state index in [-0.39, 0.29) is 5.91 Å². The van der Waals surface area contributed by atoms with Crippen LogP contribution in [-0.4, -0.2) is 62.7 Å². The second kappa shape index (κ2) is 9.06. The van der Waals surface area contributed by atoms with Crippen LogP contribution in [0.3, 0.4) is 0 Å². The number of hydrogen-bond donors (Lipinski definition) is 1. The Labute approximate surface area is 199 Å². The maximum absolute atomic E-state index is 13.0. The van der Waals surface area contributed by atoms with Crippen LogP contribution in [0.1, 0.15) is 25.0 Å². The van der Waals surface area contributed by atoms with E-state index < -0.39 is 5.60 Å². The van der Waals surface area contributed by atoms with Crippen LogP contribution in [0.15, 0.2) is 61.1 Å². The van der Waals surface area contributed by atoms with Crippen LogP contribution in [0.5, 0.6) is 0 Å². The number of hydrogen-bond acceptors (Lipinski definition) is 5. The van der Waals surface area contributed by atoms with Crippen LogP contribution < -0.4 is 4.90 Å². The third-order valence-electron chi connectivity index (χ3n) is 6.94. The van der Waals surface area contributed by atoms with Crippen LogP contribution in [0.4, 0.5) is 5.69 Å². The highest BCUT2D eigenvalue weighted by atomic mass is 16.3. The molecule has 0 saturated carbocycles. The average molecular weight is 458 g/mol. The van der Waals surface area contributed by atoms with Crippen LogP contribution >= 0.6 is 0 Å². The topological polar surface area (TPSA) is 74.5 Å². The Balaban J connectivity index is 1.25. The molecular formula is C27H31N5O2. The van der Waals surface area contributed by atoms with Gasteiger partial charge in [0.1, 0.15) is 0 Å². The van der Waals surface area contributed by atoms with Gasteiger partial charge < -0.3 is 19.5 Å². The number of nitrogens with zero attached hydrogens (tertiary/aromatic N) is 5. The summed E-state index contributed by atoms with van der Waals surface area (Å²) in [7, 11) is 1.80. The van der Waals surface area contributed by atoms with Crippen molar-refractivity contribution < 1.29 is 9.90 Å². The van der Waals surface area contributed by atoms with Crippen LogP contribution in [0.2, 0.25) is 0 Å². The Hall–Kier alpha value is -3.45. The summed E-state index contributed by atoms with van der Waals surface area (Å²) < 4.78 is 2.20. The number of fused-ring (bicyclic) bond motifs is 2. The summed E-state index contributed by atoms with van der Waals surface area (Å²) in [6, 6.07) is 14.3. The quantitative estimate of drug-likeness (QED) is 0.477. The number of anilines is 1. The van der Waals surface area contributed by atoms with Gasteiger partial charge in [0, 0.05) is 74.0 Å². The lowest BCUT2D eigenvalue weighted by Gasteiger charge is -2.42. The molecule has 1 amide bonds. The molecule has 4 aromatic rings. The highest BCUT2D eigenvalue weighted by Crippen LogP contribution is 2.31. The van der Waals surface area contributed by atoms with Gasteiger partial charge in [0.15, 0.2) is 0 Å². The molecule has 34 heavy (non-hydrogen) atoms. The minimum atomic E-state index is -0.962. The normalized spacial score (nSPS) is 18.5. The van der Waals surface area contributed by atoms with Crippen molar-refractivity contribution in [2.75, 3.05) is 31.6 Å². The Bertz CT molecular complexity index is 1330. The molecule has 7 nitrogen and oxygen atoms in total. The summed E-state index contributed by atoms with van der Waals surface area (Å²) in [5, 5.41) is 13.6. The summed E-state index contributed by atoms with van der Waals surface area (Å²) >= 11 is 0. The average Bonchev–Trinajstić information content (AvgIpc) is 3.16. The van der Waals surface area contributed by atoms with Crippen LogP contribution in [0, 0.1) is 6.92 Å². The minimum absolute atomic E-state index is 0.0429. The first-order valence-corrected chi connectivity index (χ1v) is 11.9. The summed E-state index contributed by atoms with van der Waals surface area (Å²) in [4.78, 5) is 25.6. The standard InChI is InChI=1S/C27H31N5O2/c1-20-16-21-6-3-4-7-24(21)32(20)15-10-26(33)30(2)18-27(34)11-5-14-31(19-27)25-9-13-29-23-8-12-28-17-22(23)25/h3-4,6-9,12-13,16-17,34H,5,10-11,14-15,18-19H2,1-2H3/t27-/m0/s1. The van der Waals surface area contributed by atoms with E-state index in [9.17, 15) is 9.90 Å². The molecule has 1 aromatic carbocycles. The van der Waals surface area contributed by atoms with Crippen molar-refractivity contribution in [3.63, 3.8) is 0 Å².